The largest absolute Gasteiger partial charge is 0.381 e. The number of nitrogens with one attached hydrogen (secondary N) is 1. The molecule has 1 N–H and O–H groups in total. The Balaban J connectivity index is 2.17. The fourth-order valence-corrected chi connectivity index (χ4v) is 2.64. The molecule has 0 atom stereocenters. The Hall–Kier alpha value is -1.04. The summed E-state index contributed by atoms with van der Waals surface area (Å²) >= 11 is 0. The number of aryl methyl sites for hydroxylation is 1. The fraction of sp³-hybridized carbons (Fsp3) is 0.750. The van der Waals surface area contributed by atoms with Crippen molar-refractivity contribution in [1.29, 1.82) is 0 Å². The molecule has 1 aromatic heterocycles. The molecular formula is C16H27N3O2. The molecule has 5 nitrogen and oxygen atoms in total. The van der Waals surface area contributed by atoms with Gasteiger partial charge in [0.25, 0.3) is 0 Å². The van der Waals surface area contributed by atoms with E-state index in [2.05, 4.69) is 24.1 Å². The zero-order chi connectivity index (χ0) is 15.3. The van der Waals surface area contributed by atoms with Crippen molar-refractivity contribution < 1.29 is 9.47 Å². The molecule has 1 fully saturated rings. The van der Waals surface area contributed by atoms with Gasteiger partial charge in [-0.1, -0.05) is 13.8 Å². The molecule has 1 aliphatic rings. The lowest BCUT2D eigenvalue weighted by atomic mass is 9.92. The molecule has 0 aliphatic carbocycles. The van der Waals surface area contributed by atoms with Crippen LogP contribution in [-0.2, 0) is 21.6 Å². The van der Waals surface area contributed by atoms with E-state index in [0.29, 0.717) is 19.1 Å². The van der Waals surface area contributed by atoms with E-state index in [0.717, 1.165) is 43.1 Å². The van der Waals surface area contributed by atoms with Gasteiger partial charge in [0.2, 0.25) is 0 Å². The van der Waals surface area contributed by atoms with Gasteiger partial charge in [-0.05, 0) is 25.5 Å². The van der Waals surface area contributed by atoms with E-state index in [1.807, 2.05) is 13.0 Å². The first-order valence-electron chi connectivity index (χ1n) is 7.74. The van der Waals surface area contributed by atoms with Crippen molar-refractivity contribution in [1.82, 2.24) is 15.3 Å². The number of ether oxygens (including phenoxy) is 2. The summed E-state index contributed by atoms with van der Waals surface area (Å²) in [4.78, 5) is 9.37. The zero-order valence-electron chi connectivity index (χ0n) is 13.6. The third-order valence-electron chi connectivity index (χ3n) is 3.86. The summed E-state index contributed by atoms with van der Waals surface area (Å²) in [6.07, 6.45) is 1.62. The van der Waals surface area contributed by atoms with Crippen molar-refractivity contribution in [3.8, 4) is 0 Å². The van der Waals surface area contributed by atoms with Crippen LogP contribution in [0.3, 0.4) is 0 Å². The number of hydrogen-bond donors (Lipinski definition) is 1. The maximum absolute atomic E-state index is 5.79. The van der Waals surface area contributed by atoms with E-state index in [1.165, 1.54) is 0 Å². The molecule has 1 aromatic rings. The molecule has 1 aliphatic heterocycles. The van der Waals surface area contributed by atoms with Crippen molar-refractivity contribution in [2.75, 3.05) is 26.9 Å². The van der Waals surface area contributed by atoms with Crippen LogP contribution in [0.4, 0.5) is 0 Å². The van der Waals surface area contributed by atoms with Gasteiger partial charge in [0, 0.05) is 45.4 Å². The second-order valence-corrected chi connectivity index (χ2v) is 6.16. The van der Waals surface area contributed by atoms with E-state index >= 15 is 0 Å². The summed E-state index contributed by atoms with van der Waals surface area (Å²) in [7, 11) is 1.74. The summed E-state index contributed by atoms with van der Waals surface area (Å²) in [5, 5.41) is 3.43. The van der Waals surface area contributed by atoms with Gasteiger partial charge in [0.15, 0.2) is 5.82 Å². The quantitative estimate of drug-likeness (QED) is 0.871. The molecule has 0 unspecified atom stereocenters. The van der Waals surface area contributed by atoms with Crippen molar-refractivity contribution in [3.05, 3.63) is 23.3 Å². The Morgan fingerprint density at radius 3 is 2.67 bits per heavy atom. The minimum atomic E-state index is -0.392. The Morgan fingerprint density at radius 1 is 1.33 bits per heavy atom. The average Bonchev–Trinajstić information content (AvgIpc) is 2.47. The maximum atomic E-state index is 5.79. The minimum absolute atomic E-state index is 0.392. The predicted octanol–water partition coefficient (Wildman–Crippen LogP) is 2.18. The Morgan fingerprint density at radius 2 is 2.05 bits per heavy atom. The van der Waals surface area contributed by atoms with Crippen LogP contribution in [0.1, 0.15) is 43.9 Å². The molecule has 1 saturated heterocycles. The van der Waals surface area contributed by atoms with E-state index in [9.17, 15) is 0 Å². The number of rotatable bonds is 6. The highest BCUT2D eigenvalue weighted by molar-refractivity contribution is 5.15. The molecule has 0 aromatic carbocycles. The third-order valence-corrected chi connectivity index (χ3v) is 3.86. The van der Waals surface area contributed by atoms with Crippen LogP contribution in [0, 0.1) is 12.8 Å². The molecule has 0 saturated carbocycles. The van der Waals surface area contributed by atoms with Gasteiger partial charge in [0.1, 0.15) is 5.60 Å². The van der Waals surface area contributed by atoms with Crippen molar-refractivity contribution in [2.45, 2.75) is 45.8 Å². The van der Waals surface area contributed by atoms with E-state index in [-0.39, 0.29) is 0 Å². The molecule has 0 spiro atoms. The van der Waals surface area contributed by atoms with E-state index in [1.54, 1.807) is 7.11 Å². The molecule has 0 amide bonds. The molecule has 0 radical (unpaired) electrons. The molecular weight excluding hydrogens is 266 g/mol. The number of nitrogens with zero attached hydrogens (tertiary/aromatic N) is 2. The van der Waals surface area contributed by atoms with E-state index < -0.39 is 5.60 Å². The summed E-state index contributed by atoms with van der Waals surface area (Å²) in [6, 6.07) is 2.04. The number of aromatic nitrogens is 2. The highest BCUT2D eigenvalue weighted by Gasteiger charge is 2.37. The van der Waals surface area contributed by atoms with Gasteiger partial charge in [-0.15, -0.1) is 0 Å². The third kappa shape index (κ3) is 4.22. The van der Waals surface area contributed by atoms with Gasteiger partial charge in [-0.25, -0.2) is 9.97 Å². The number of methoxy groups -OCH3 is 1. The summed E-state index contributed by atoms with van der Waals surface area (Å²) < 4.78 is 11.2. The summed E-state index contributed by atoms with van der Waals surface area (Å²) in [5.41, 5.74) is 1.63. The first kappa shape index (κ1) is 16.3. The molecule has 2 rings (SSSR count). The fourth-order valence-electron chi connectivity index (χ4n) is 2.64. The highest BCUT2D eigenvalue weighted by atomic mass is 16.5. The topological polar surface area (TPSA) is 56.3 Å². The second-order valence-electron chi connectivity index (χ2n) is 6.16. The standard InChI is InChI=1S/C16H27N3O2/c1-12(2)10-17-11-14-9-13(3)18-15(19-14)16(20-4)5-7-21-8-6-16/h9,12,17H,5-8,10-11H2,1-4H3. The average molecular weight is 293 g/mol. The lowest BCUT2D eigenvalue weighted by Crippen LogP contribution is -2.38. The van der Waals surface area contributed by atoms with Crippen LogP contribution in [0.25, 0.3) is 0 Å². The monoisotopic (exact) mass is 293 g/mol. The van der Waals surface area contributed by atoms with Gasteiger partial charge in [-0.3, -0.25) is 0 Å². The molecule has 0 bridgehead atoms. The normalized spacial score (nSPS) is 18.1. The first-order chi connectivity index (χ1) is 10.1. The van der Waals surface area contributed by atoms with Crippen molar-refractivity contribution in [3.63, 3.8) is 0 Å². The summed E-state index contributed by atoms with van der Waals surface area (Å²) in [6.45, 7) is 9.57. The first-order valence-corrected chi connectivity index (χ1v) is 7.74. The molecule has 21 heavy (non-hydrogen) atoms. The molecule has 5 heteroatoms. The smallest absolute Gasteiger partial charge is 0.160 e. The van der Waals surface area contributed by atoms with Gasteiger partial charge >= 0.3 is 0 Å². The SMILES string of the molecule is COC1(c2nc(C)cc(CNCC(C)C)n2)CCOCC1. The van der Waals surface area contributed by atoms with Gasteiger partial charge in [0.05, 0.1) is 5.69 Å². The van der Waals surface area contributed by atoms with Crippen LogP contribution < -0.4 is 5.32 Å². The van der Waals surface area contributed by atoms with Crippen LogP contribution in [0.5, 0.6) is 0 Å². The number of hydrogen-bond acceptors (Lipinski definition) is 5. The lowest BCUT2D eigenvalue weighted by Gasteiger charge is -2.34. The second kappa shape index (κ2) is 7.29. The lowest BCUT2D eigenvalue weighted by molar-refractivity contribution is -0.100. The Kier molecular flexibility index (Phi) is 5.67. The van der Waals surface area contributed by atoms with Gasteiger partial charge < -0.3 is 14.8 Å². The Labute approximate surface area is 127 Å². The zero-order valence-corrected chi connectivity index (χ0v) is 13.6. The predicted molar refractivity (Wildman–Crippen MR) is 82.1 cm³/mol. The highest BCUT2D eigenvalue weighted by Crippen LogP contribution is 2.33. The molecule has 118 valence electrons. The van der Waals surface area contributed by atoms with Gasteiger partial charge in [-0.2, -0.15) is 0 Å². The van der Waals surface area contributed by atoms with Crippen LogP contribution >= 0.6 is 0 Å². The maximum Gasteiger partial charge on any atom is 0.160 e. The van der Waals surface area contributed by atoms with Crippen molar-refractivity contribution in [2.24, 2.45) is 5.92 Å². The Bertz CT molecular complexity index is 457. The van der Waals surface area contributed by atoms with Crippen LogP contribution in [-0.4, -0.2) is 36.8 Å². The van der Waals surface area contributed by atoms with Crippen LogP contribution in [0.2, 0.25) is 0 Å². The van der Waals surface area contributed by atoms with E-state index in [4.69, 9.17) is 14.5 Å². The molecule has 2 heterocycles. The van der Waals surface area contributed by atoms with Crippen molar-refractivity contribution >= 4 is 0 Å². The summed E-state index contributed by atoms with van der Waals surface area (Å²) in [5.74, 6) is 1.43. The van der Waals surface area contributed by atoms with Crippen LogP contribution in [0.15, 0.2) is 6.07 Å². The minimum Gasteiger partial charge on any atom is -0.381 e.